The van der Waals surface area contributed by atoms with Gasteiger partial charge in [0.05, 0.1) is 5.56 Å². The summed E-state index contributed by atoms with van der Waals surface area (Å²) in [5.41, 5.74) is 2.59. The summed E-state index contributed by atoms with van der Waals surface area (Å²) in [5.74, 6) is 1.52. The monoisotopic (exact) mass is 403 g/mol. The molecule has 7 heteroatoms. The van der Waals surface area contributed by atoms with Crippen molar-refractivity contribution in [3.63, 3.8) is 0 Å². The van der Waals surface area contributed by atoms with Crippen molar-refractivity contribution in [3.05, 3.63) is 48.0 Å². The average Bonchev–Trinajstić information content (AvgIpc) is 3.18. The number of aromatic nitrogens is 2. The van der Waals surface area contributed by atoms with Gasteiger partial charge in [-0.1, -0.05) is 20.8 Å². The van der Waals surface area contributed by atoms with E-state index in [1.807, 2.05) is 24.3 Å². The first kappa shape index (κ1) is 19.9. The van der Waals surface area contributed by atoms with Gasteiger partial charge in [-0.05, 0) is 43.2 Å². The number of amides is 1. The molecule has 1 aromatic carbocycles. The van der Waals surface area contributed by atoms with Crippen LogP contribution in [-0.2, 0) is 10.2 Å². The van der Waals surface area contributed by atoms with Crippen molar-refractivity contribution in [1.29, 1.82) is 5.26 Å². The molecular weight excluding hydrogens is 378 g/mol. The number of nitriles is 1. The largest absolute Gasteiger partial charge is 0.440 e. The minimum atomic E-state index is -0.166. The number of pyridine rings is 1. The predicted molar refractivity (Wildman–Crippen MR) is 115 cm³/mol. The molecule has 154 valence electrons. The second kappa shape index (κ2) is 7.79. The number of hydrogen-bond donors (Lipinski definition) is 1. The summed E-state index contributed by atoms with van der Waals surface area (Å²) in [5, 5.41) is 11.9. The van der Waals surface area contributed by atoms with Crippen molar-refractivity contribution in [2.45, 2.75) is 39.0 Å². The van der Waals surface area contributed by atoms with E-state index in [0.29, 0.717) is 11.5 Å². The number of oxazole rings is 1. The summed E-state index contributed by atoms with van der Waals surface area (Å²) < 4.78 is 5.82. The van der Waals surface area contributed by atoms with E-state index in [1.54, 1.807) is 12.3 Å². The van der Waals surface area contributed by atoms with Crippen molar-refractivity contribution >= 4 is 28.5 Å². The Morgan fingerprint density at radius 1 is 1.23 bits per heavy atom. The maximum atomic E-state index is 12.8. The Kier molecular flexibility index (Phi) is 5.17. The summed E-state index contributed by atoms with van der Waals surface area (Å²) in [6.45, 7) is 7.68. The molecule has 0 unspecified atom stereocenters. The number of nitrogens with zero attached hydrogens (tertiary/aromatic N) is 4. The van der Waals surface area contributed by atoms with E-state index in [4.69, 9.17) is 9.68 Å². The van der Waals surface area contributed by atoms with Crippen LogP contribution in [-0.4, -0.2) is 29.0 Å². The Morgan fingerprint density at radius 3 is 2.63 bits per heavy atom. The van der Waals surface area contributed by atoms with Gasteiger partial charge in [0, 0.05) is 36.3 Å². The highest BCUT2D eigenvalue weighted by Crippen LogP contribution is 2.28. The van der Waals surface area contributed by atoms with Gasteiger partial charge >= 0.3 is 0 Å². The number of fused-ring (bicyclic) bond motifs is 1. The van der Waals surface area contributed by atoms with Gasteiger partial charge in [0.15, 0.2) is 5.58 Å². The normalized spacial score (nSPS) is 15.2. The fourth-order valence-corrected chi connectivity index (χ4v) is 3.58. The predicted octanol–water partition coefficient (Wildman–Crippen LogP) is 4.25. The number of hydrogen-bond acceptors (Lipinski definition) is 6. The molecule has 0 radical (unpaired) electrons. The Bertz CT molecular complexity index is 1100. The molecule has 1 N–H and O–H groups in total. The van der Waals surface area contributed by atoms with Gasteiger partial charge < -0.3 is 14.6 Å². The van der Waals surface area contributed by atoms with Crippen molar-refractivity contribution in [2.75, 3.05) is 23.3 Å². The number of benzene rings is 1. The molecule has 4 rings (SSSR count). The first-order valence-corrected chi connectivity index (χ1v) is 10.2. The standard InChI is InChI=1S/C23H25N5O2/c1-23(2,3)22-27-18-12-17(5-6-19(18)30-22)26-21(29)16-8-10-28(11-9-16)20-7-4-15(13-24)14-25-20/h4-7,12,14,16H,8-11H2,1-3H3,(H,26,29). The Labute approximate surface area is 175 Å². The number of carbonyl (C=O) groups excluding carboxylic acids is 1. The molecule has 2 aromatic heterocycles. The van der Waals surface area contributed by atoms with Crippen LogP contribution in [0.5, 0.6) is 0 Å². The lowest BCUT2D eigenvalue weighted by Crippen LogP contribution is -2.38. The topological polar surface area (TPSA) is 95.1 Å². The molecule has 3 heterocycles. The lowest BCUT2D eigenvalue weighted by molar-refractivity contribution is -0.120. The van der Waals surface area contributed by atoms with Crippen molar-refractivity contribution in [2.24, 2.45) is 5.92 Å². The van der Waals surface area contributed by atoms with Crippen LogP contribution >= 0.6 is 0 Å². The fraction of sp³-hybridized carbons (Fsp3) is 0.391. The minimum absolute atomic E-state index is 0.0290. The molecular formula is C23H25N5O2. The van der Waals surface area contributed by atoms with Gasteiger partial charge in [-0.15, -0.1) is 0 Å². The highest BCUT2D eigenvalue weighted by molar-refractivity contribution is 5.94. The minimum Gasteiger partial charge on any atom is -0.440 e. The third kappa shape index (κ3) is 4.13. The number of nitrogens with one attached hydrogen (secondary N) is 1. The van der Waals surface area contributed by atoms with Crippen LogP contribution in [0.1, 0.15) is 45.1 Å². The molecule has 1 fully saturated rings. The lowest BCUT2D eigenvalue weighted by atomic mass is 9.95. The second-order valence-electron chi connectivity index (χ2n) is 8.72. The summed E-state index contributed by atoms with van der Waals surface area (Å²) in [7, 11) is 0. The van der Waals surface area contributed by atoms with Gasteiger partial charge in [0.25, 0.3) is 0 Å². The van der Waals surface area contributed by atoms with Crippen molar-refractivity contribution in [3.8, 4) is 6.07 Å². The third-order valence-corrected chi connectivity index (χ3v) is 5.36. The molecule has 0 bridgehead atoms. The van der Waals surface area contributed by atoms with Gasteiger partial charge in [-0.2, -0.15) is 5.26 Å². The van der Waals surface area contributed by atoms with Crippen LogP contribution in [0.15, 0.2) is 40.9 Å². The van der Waals surface area contributed by atoms with E-state index in [9.17, 15) is 4.79 Å². The van der Waals surface area contributed by atoms with Crippen LogP contribution in [0.4, 0.5) is 11.5 Å². The molecule has 0 atom stereocenters. The number of anilines is 2. The Balaban J connectivity index is 1.38. The quantitative estimate of drug-likeness (QED) is 0.702. The maximum absolute atomic E-state index is 12.8. The Hall–Kier alpha value is -3.40. The zero-order valence-corrected chi connectivity index (χ0v) is 17.5. The van der Waals surface area contributed by atoms with E-state index in [1.165, 1.54) is 0 Å². The zero-order chi connectivity index (χ0) is 21.3. The van der Waals surface area contributed by atoms with Crippen LogP contribution in [0.25, 0.3) is 11.1 Å². The van der Waals surface area contributed by atoms with Crippen molar-refractivity contribution in [1.82, 2.24) is 9.97 Å². The van der Waals surface area contributed by atoms with Gasteiger partial charge in [0.2, 0.25) is 11.8 Å². The van der Waals surface area contributed by atoms with E-state index >= 15 is 0 Å². The summed E-state index contributed by atoms with van der Waals surface area (Å²) in [4.78, 5) is 23.8. The average molecular weight is 403 g/mol. The van der Waals surface area contributed by atoms with Gasteiger partial charge in [-0.3, -0.25) is 4.79 Å². The van der Waals surface area contributed by atoms with E-state index in [0.717, 1.165) is 48.5 Å². The molecule has 30 heavy (non-hydrogen) atoms. The van der Waals surface area contributed by atoms with Crippen molar-refractivity contribution < 1.29 is 9.21 Å². The molecule has 1 aliphatic heterocycles. The lowest BCUT2D eigenvalue weighted by Gasteiger charge is -2.32. The smallest absolute Gasteiger partial charge is 0.227 e. The SMILES string of the molecule is CC(C)(C)c1nc2cc(NC(=O)C3CCN(c4ccc(C#N)cn4)CC3)ccc2o1. The highest BCUT2D eigenvalue weighted by Gasteiger charge is 2.26. The van der Waals surface area contributed by atoms with Crippen LogP contribution in [0.2, 0.25) is 0 Å². The summed E-state index contributed by atoms with van der Waals surface area (Å²) >= 11 is 0. The molecule has 1 aliphatic rings. The molecule has 0 spiro atoms. The first-order chi connectivity index (χ1) is 14.3. The van der Waals surface area contributed by atoms with E-state index in [2.05, 4.69) is 47.0 Å². The number of rotatable bonds is 3. The van der Waals surface area contributed by atoms with Crippen LogP contribution in [0.3, 0.4) is 0 Å². The zero-order valence-electron chi connectivity index (χ0n) is 17.5. The fourth-order valence-electron chi connectivity index (χ4n) is 3.58. The molecule has 7 nitrogen and oxygen atoms in total. The van der Waals surface area contributed by atoms with Crippen LogP contribution in [0, 0.1) is 17.2 Å². The summed E-state index contributed by atoms with van der Waals surface area (Å²) in [6, 6.07) is 11.3. The van der Waals surface area contributed by atoms with Gasteiger partial charge in [-0.25, -0.2) is 9.97 Å². The summed E-state index contributed by atoms with van der Waals surface area (Å²) in [6.07, 6.45) is 3.10. The number of piperidine rings is 1. The van der Waals surface area contributed by atoms with E-state index in [-0.39, 0.29) is 17.2 Å². The number of carbonyl (C=O) groups is 1. The van der Waals surface area contributed by atoms with E-state index < -0.39 is 0 Å². The molecule has 0 aliphatic carbocycles. The molecule has 0 saturated carbocycles. The molecule has 1 saturated heterocycles. The first-order valence-electron chi connectivity index (χ1n) is 10.2. The van der Waals surface area contributed by atoms with Gasteiger partial charge in [0.1, 0.15) is 17.4 Å². The molecule has 1 amide bonds. The third-order valence-electron chi connectivity index (χ3n) is 5.36. The van der Waals surface area contributed by atoms with Crippen LogP contribution < -0.4 is 10.2 Å². The highest BCUT2D eigenvalue weighted by atomic mass is 16.3. The Morgan fingerprint density at radius 2 is 2.00 bits per heavy atom. The maximum Gasteiger partial charge on any atom is 0.227 e. The molecule has 3 aromatic rings. The second-order valence-corrected chi connectivity index (χ2v) is 8.72.